The molecule has 8 heteroatoms. The van der Waals surface area contributed by atoms with Crippen molar-refractivity contribution in [1.29, 1.82) is 0 Å². The average molecular weight is 634 g/mol. The highest BCUT2D eigenvalue weighted by molar-refractivity contribution is 5.99. The molecule has 0 radical (unpaired) electrons. The van der Waals surface area contributed by atoms with Gasteiger partial charge in [0, 0.05) is 42.5 Å². The van der Waals surface area contributed by atoms with Gasteiger partial charge in [-0.05, 0) is 72.5 Å². The maximum absolute atomic E-state index is 12.8. The Bertz CT molecular complexity index is 1570. The number of hydrogen-bond donors (Lipinski definition) is 3. The van der Waals surface area contributed by atoms with Crippen LogP contribution in [-0.4, -0.2) is 41.3 Å². The second-order valence-corrected chi connectivity index (χ2v) is 12.2. The van der Waals surface area contributed by atoms with E-state index in [1.165, 1.54) is 25.7 Å². The molecule has 4 aromatic rings. The quantitative estimate of drug-likeness (QED) is 0.135. The number of nitrogens with one attached hydrogen (secondary N) is 2. The summed E-state index contributed by atoms with van der Waals surface area (Å²) in [6, 6.07) is 32.5. The summed E-state index contributed by atoms with van der Waals surface area (Å²) in [5, 5.41) is 15.3. The molecule has 0 aromatic heterocycles. The summed E-state index contributed by atoms with van der Waals surface area (Å²) in [6.45, 7) is 5.65. The van der Waals surface area contributed by atoms with Gasteiger partial charge in [0.1, 0.15) is 11.5 Å². The van der Waals surface area contributed by atoms with Crippen LogP contribution >= 0.6 is 0 Å². The maximum atomic E-state index is 12.8. The van der Waals surface area contributed by atoms with Gasteiger partial charge in [-0.2, -0.15) is 0 Å². The van der Waals surface area contributed by atoms with E-state index in [1.54, 1.807) is 12.1 Å². The zero-order chi connectivity index (χ0) is 32.4. The predicted octanol–water partition coefficient (Wildman–Crippen LogP) is 8.59. The molecule has 1 saturated carbocycles. The van der Waals surface area contributed by atoms with Crippen LogP contribution in [0.3, 0.4) is 0 Å². The van der Waals surface area contributed by atoms with Gasteiger partial charge in [0.05, 0.1) is 18.8 Å². The minimum absolute atomic E-state index is 0.00642. The normalized spacial score (nSPS) is 19.7. The van der Waals surface area contributed by atoms with Gasteiger partial charge < -0.3 is 30.0 Å². The second kappa shape index (κ2) is 15.9. The summed E-state index contributed by atoms with van der Waals surface area (Å²) in [7, 11) is 0. The van der Waals surface area contributed by atoms with Crippen LogP contribution in [0.1, 0.15) is 61.2 Å². The Hall–Kier alpha value is -4.47. The van der Waals surface area contributed by atoms with E-state index in [-0.39, 0.29) is 24.8 Å². The number of para-hydroxylation sites is 1. The summed E-state index contributed by atoms with van der Waals surface area (Å²) in [5.41, 5.74) is 4.11. The van der Waals surface area contributed by atoms with E-state index in [0.717, 1.165) is 42.0 Å². The Labute approximate surface area is 277 Å². The van der Waals surface area contributed by atoms with Crippen LogP contribution in [0, 0.1) is 0 Å². The smallest absolute Gasteiger partial charge is 0.323 e. The summed E-state index contributed by atoms with van der Waals surface area (Å²) in [6.07, 6.45) is 6.91. The lowest BCUT2D eigenvalue weighted by Crippen LogP contribution is -2.43. The number of benzene rings is 4. The van der Waals surface area contributed by atoms with Crippen LogP contribution in [-0.2, 0) is 16.1 Å². The van der Waals surface area contributed by atoms with Crippen molar-refractivity contribution >= 4 is 17.4 Å². The van der Waals surface area contributed by atoms with E-state index in [9.17, 15) is 9.90 Å². The predicted molar refractivity (Wildman–Crippen MR) is 184 cm³/mol. The molecular formula is C39H43N3O5. The Morgan fingerprint density at radius 1 is 0.830 bits per heavy atom. The number of hydrogen-bond acceptors (Lipinski definition) is 6. The fraction of sp³-hybridized carbons (Fsp3) is 0.308. The van der Waals surface area contributed by atoms with Crippen LogP contribution in [0.15, 0.2) is 116 Å². The molecule has 2 amide bonds. The molecule has 1 aliphatic heterocycles. The fourth-order valence-corrected chi connectivity index (χ4v) is 6.35. The lowest BCUT2D eigenvalue weighted by atomic mass is 9.99. The number of aliphatic hydroxyl groups excluding tert-OH is 1. The zero-order valence-corrected chi connectivity index (χ0v) is 26.6. The molecule has 8 nitrogen and oxygen atoms in total. The van der Waals surface area contributed by atoms with Crippen molar-refractivity contribution < 1.29 is 24.1 Å². The third-order valence-electron chi connectivity index (χ3n) is 8.79. The molecule has 1 heterocycles. The van der Waals surface area contributed by atoms with Crippen molar-refractivity contribution in [1.82, 2.24) is 4.90 Å². The number of aliphatic hydroxyl groups is 1. The van der Waals surface area contributed by atoms with E-state index < -0.39 is 6.29 Å². The van der Waals surface area contributed by atoms with E-state index in [0.29, 0.717) is 23.2 Å². The molecule has 2 aliphatic rings. The van der Waals surface area contributed by atoms with Crippen LogP contribution in [0.25, 0.3) is 0 Å². The molecule has 1 aliphatic carbocycles. The van der Waals surface area contributed by atoms with Gasteiger partial charge in [0.15, 0.2) is 6.29 Å². The highest BCUT2D eigenvalue weighted by Gasteiger charge is 2.34. The van der Waals surface area contributed by atoms with E-state index in [4.69, 9.17) is 14.2 Å². The first kappa shape index (κ1) is 32.5. The molecule has 4 aromatic carbocycles. The number of amides is 2. The summed E-state index contributed by atoms with van der Waals surface area (Å²) in [4.78, 5) is 15.3. The highest BCUT2D eigenvalue weighted by atomic mass is 16.7. The largest absolute Gasteiger partial charge is 0.457 e. The van der Waals surface area contributed by atoms with Gasteiger partial charge in [0.25, 0.3) is 0 Å². The zero-order valence-electron chi connectivity index (χ0n) is 26.6. The van der Waals surface area contributed by atoms with E-state index in [1.807, 2.05) is 97.1 Å². The second-order valence-electron chi connectivity index (χ2n) is 12.2. The molecule has 0 bridgehead atoms. The Balaban J connectivity index is 1.10. The summed E-state index contributed by atoms with van der Waals surface area (Å²) in [5.74, 6) is 1.43. The molecule has 244 valence electrons. The SMILES string of the molecule is C=CCN(C[C@@H]1C[C@H](c2ccc(CO)cc2)O[C@H](c2ccc(NC(=O)Nc3ccc(Oc4ccccc4)cc3)cc2)O1)C1CCCC1. The van der Waals surface area contributed by atoms with Gasteiger partial charge in [-0.3, -0.25) is 4.90 Å². The number of carbonyl (C=O) groups is 1. The van der Waals surface area contributed by atoms with E-state index >= 15 is 0 Å². The fourth-order valence-electron chi connectivity index (χ4n) is 6.35. The number of ether oxygens (including phenoxy) is 3. The van der Waals surface area contributed by atoms with Crippen LogP contribution in [0.5, 0.6) is 11.5 Å². The Kier molecular flexibility index (Phi) is 11.0. The number of rotatable bonds is 12. The van der Waals surface area contributed by atoms with Crippen molar-refractivity contribution in [2.24, 2.45) is 0 Å². The first-order valence-electron chi connectivity index (χ1n) is 16.4. The van der Waals surface area contributed by atoms with Crippen molar-refractivity contribution in [3.8, 4) is 11.5 Å². The van der Waals surface area contributed by atoms with Crippen LogP contribution < -0.4 is 15.4 Å². The van der Waals surface area contributed by atoms with Crippen molar-refractivity contribution in [3.63, 3.8) is 0 Å². The number of urea groups is 1. The number of nitrogens with zero attached hydrogens (tertiary/aromatic N) is 1. The monoisotopic (exact) mass is 633 g/mol. The van der Waals surface area contributed by atoms with Crippen LogP contribution in [0.4, 0.5) is 16.2 Å². The topological polar surface area (TPSA) is 92.3 Å². The molecule has 3 atom stereocenters. The van der Waals surface area contributed by atoms with Gasteiger partial charge in [-0.25, -0.2) is 4.79 Å². The standard InChI is InChI=1S/C39H43N3O5/c1-2-24-42(33-8-6-7-9-33)26-36-25-37(29-14-12-28(27-43)13-15-29)47-38(46-36)30-16-18-31(19-17-30)40-39(44)41-32-20-22-35(23-21-32)45-34-10-4-3-5-11-34/h2-5,10-23,33,36-38,43H,1,6-9,24-27H2,(H2,40,41,44)/t36-,37+,38+/m0/s1. The first-order valence-corrected chi connectivity index (χ1v) is 16.4. The maximum Gasteiger partial charge on any atom is 0.323 e. The molecule has 2 fully saturated rings. The van der Waals surface area contributed by atoms with Gasteiger partial charge in [0.2, 0.25) is 0 Å². The van der Waals surface area contributed by atoms with Crippen LogP contribution in [0.2, 0.25) is 0 Å². The molecule has 0 unspecified atom stereocenters. The lowest BCUT2D eigenvalue weighted by molar-refractivity contribution is -0.253. The molecule has 3 N–H and O–H groups in total. The van der Waals surface area contributed by atoms with Gasteiger partial charge >= 0.3 is 6.03 Å². The number of carbonyl (C=O) groups excluding carboxylic acids is 1. The van der Waals surface area contributed by atoms with Gasteiger partial charge in [-0.15, -0.1) is 6.58 Å². The van der Waals surface area contributed by atoms with Gasteiger partial charge in [-0.1, -0.05) is 73.5 Å². The molecule has 0 spiro atoms. The Morgan fingerprint density at radius 2 is 1.45 bits per heavy atom. The average Bonchev–Trinajstić information content (AvgIpc) is 3.65. The minimum atomic E-state index is -0.565. The van der Waals surface area contributed by atoms with Crippen molar-refractivity contribution in [2.75, 3.05) is 23.7 Å². The molecule has 6 rings (SSSR count). The first-order chi connectivity index (χ1) is 23.1. The minimum Gasteiger partial charge on any atom is -0.457 e. The molecule has 1 saturated heterocycles. The van der Waals surface area contributed by atoms with Crippen molar-refractivity contribution in [2.45, 2.75) is 63.3 Å². The third-order valence-corrected chi connectivity index (χ3v) is 8.79. The molecule has 47 heavy (non-hydrogen) atoms. The van der Waals surface area contributed by atoms with Crippen molar-refractivity contribution in [3.05, 3.63) is 132 Å². The lowest BCUT2D eigenvalue weighted by Gasteiger charge is -2.39. The Morgan fingerprint density at radius 3 is 2.09 bits per heavy atom. The third kappa shape index (κ3) is 8.87. The van der Waals surface area contributed by atoms with E-state index in [2.05, 4.69) is 22.1 Å². The molecular weight excluding hydrogens is 590 g/mol. The highest BCUT2D eigenvalue weighted by Crippen LogP contribution is 2.39. The summed E-state index contributed by atoms with van der Waals surface area (Å²) >= 11 is 0. The number of anilines is 2. The summed E-state index contributed by atoms with van der Waals surface area (Å²) < 4.78 is 19.0.